The van der Waals surface area contributed by atoms with Crippen molar-refractivity contribution < 1.29 is 9.53 Å². The maximum Gasteiger partial charge on any atom is 0.220 e. The van der Waals surface area contributed by atoms with E-state index >= 15 is 0 Å². The predicted octanol–water partition coefficient (Wildman–Crippen LogP) is 5.21. The number of carbonyl (C=O) groups excluding carboxylic acids is 1. The number of nitrogens with zero attached hydrogens (tertiary/aromatic N) is 2. The van der Waals surface area contributed by atoms with Crippen LogP contribution in [0.1, 0.15) is 57.7 Å². The van der Waals surface area contributed by atoms with Crippen LogP contribution in [-0.4, -0.2) is 22.1 Å². The first kappa shape index (κ1) is 21.6. The molecule has 0 unspecified atom stereocenters. The molecule has 0 aliphatic heterocycles. The first-order chi connectivity index (χ1) is 14.3. The lowest BCUT2D eigenvalue weighted by Gasteiger charge is -2.19. The van der Waals surface area contributed by atoms with Gasteiger partial charge < -0.3 is 14.6 Å². The molecule has 0 aliphatic rings. The Hall–Kier alpha value is -3.08. The standard InChI is InChI=1S/C25H31N3O2/c1-19(20-7-11-22(12-8-20)28-16-15-26-18-28)27-24(29)6-5-17-30-23-13-9-21(10-14-23)25(2,3)4/h7-16,18-19H,5-6,17H2,1-4H3,(H,27,29)/t19-/m1/s1. The predicted molar refractivity (Wildman–Crippen MR) is 120 cm³/mol. The summed E-state index contributed by atoms with van der Waals surface area (Å²) in [4.78, 5) is 16.3. The van der Waals surface area contributed by atoms with E-state index in [4.69, 9.17) is 4.74 Å². The molecule has 1 heterocycles. The second-order valence-corrected chi connectivity index (χ2v) is 8.58. The van der Waals surface area contributed by atoms with Gasteiger partial charge in [-0.15, -0.1) is 0 Å². The molecule has 1 amide bonds. The third-order valence-corrected chi connectivity index (χ3v) is 5.11. The van der Waals surface area contributed by atoms with Gasteiger partial charge in [-0.25, -0.2) is 4.98 Å². The highest BCUT2D eigenvalue weighted by atomic mass is 16.5. The third kappa shape index (κ3) is 5.96. The summed E-state index contributed by atoms with van der Waals surface area (Å²) in [7, 11) is 0. The summed E-state index contributed by atoms with van der Waals surface area (Å²) in [6.07, 6.45) is 6.54. The van der Waals surface area contributed by atoms with Gasteiger partial charge in [-0.2, -0.15) is 0 Å². The number of rotatable bonds is 8. The second-order valence-electron chi connectivity index (χ2n) is 8.58. The van der Waals surface area contributed by atoms with Gasteiger partial charge in [0.15, 0.2) is 0 Å². The fraction of sp³-hybridized carbons (Fsp3) is 0.360. The van der Waals surface area contributed by atoms with Crippen LogP contribution in [0.5, 0.6) is 5.75 Å². The van der Waals surface area contributed by atoms with Crippen LogP contribution in [0.2, 0.25) is 0 Å². The van der Waals surface area contributed by atoms with Crippen LogP contribution in [0.15, 0.2) is 67.3 Å². The summed E-state index contributed by atoms with van der Waals surface area (Å²) in [5.74, 6) is 0.877. The highest BCUT2D eigenvalue weighted by Crippen LogP contribution is 2.24. The van der Waals surface area contributed by atoms with E-state index < -0.39 is 0 Å². The molecule has 0 aliphatic carbocycles. The molecule has 5 nitrogen and oxygen atoms in total. The average molecular weight is 406 g/mol. The van der Waals surface area contributed by atoms with Crippen molar-refractivity contribution in [1.82, 2.24) is 14.9 Å². The fourth-order valence-electron chi connectivity index (χ4n) is 3.22. The molecule has 3 rings (SSSR count). The first-order valence-electron chi connectivity index (χ1n) is 10.4. The van der Waals surface area contributed by atoms with Gasteiger partial charge in [0.2, 0.25) is 5.91 Å². The minimum atomic E-state index is -0.0415. The quantitative estimate of drug-likeness (QED) is 0.524. The van der Waals surface area contributed by atoms with Crippen LogP contribution in [-0.2, 0) is 10.2 Å². The molecule has 0 fully saturated rings. The summed E-state index contributed by atoms with van der Waals surface area (Å²) >= 11 is 0. The van der Waals surface area contributed by atoms with E-state index in [2.05, 4.69) is 43.2 Å². The van der Waals surface area contributed by atoms with Gasteiger partial charge >= 0.3 is 0 Å². The smallest absolute Gasteiger partial charge is 0.220 e. The van der Waals surface area contributed by atoms with Crippen LogP contribution in [0, 0.1) is 0 Å². The van der Waals surface area contributed by atoms with Gasteiger partial charge in [0.25, 0.3) is 0 Å². The molecule has 0 saturated carbocycles. The van der Waals surface area contributed by atoms with Crippen molar-refractivity contribution in [3.05, 3.63) is 78.4 Å². The number of carbonyl (C=O) groups is 1. The number of nitrogens with one attached hydrogen (secondary N) is 1. The Morgan fingerprint density at radius 2 is 1.80 bits per heavy atom. The van der Waals surface area contributed by atoms with Crippen molar-refractivity contribution in [3.8, 4) is 11.4 Å². The highest BCUT2D eigenvalue weighted by Gasteiger charge is 2.13. The van der Waals surface area contributed by atoms with Gasteiger partial charge in [0.1, 0.15) is 5.75 Å². The molecule has 1 aromatic heterocycles. The fourth-order valence-corrected chi connectivity index (χ4v) is 3.22. The lowest BCUT2D eigenvalue weighted by Crippen LogP contribution is -2.26. The van der Waals surface area contributed by atoms with Crippen molar-refractivity contribution in [2.45, 2.75) is 52.0 Å². The minimum Gasteiger partial charge on any atom is -0.494 e. The number of imidazole rings is 1. The number of ether oxygens (including phenoxy) is 1. The average Bonchev–Trinajstić information content (AvgIpc) is 3.26. The Labute approximate surface area is 179 Å². The molecule has 30 heavy (non-hydrogen) atoms. The zero-order valence-electron chi connectivity index (χ0n) is 18.3. The molecule has 2 aromatic carbocycles. The number of amides is 1. The number of aromatic nitrogens is 2. The number of hydrogen-bond acceptors (Lipinski definition) is 3. The SMILES string of the molecule is C[C@@H](NC(=O)CCCOc1ccc(C(C)(C)C)cc1)c1ccc(-n2ccnc2)cc1. The van der Waals surface area contributed by atoms with Crippen molar-refractivity contribution in [2.75, 3.05) is 6.61 Å². The van der Waals surface area contributed by atoms with Gasteiger partial charge in [-0.3, -0.25) is 4.79 Å². The van der Waals surface area contributed by atoms with Crippen LogP contribution >= 0.6 is 0 Å². The molecule has 5 heteroatoms. The molecule has 0 saturated heterocycles. The summed E-state index contributed by atoms with van der Waals surface area (Å²) < 4.78 is 7.72. The Morgan fingerprint density at radius 1 is 1.10 bits per heavy atom. The lowest BCUT2D eigenvalue weighted by molar-refractivity contribution is -0.121. The van der Waals surface area contributed by atoms with Crippen LogP contribution < -0.4 is 10.1 Å². The largest absolute Gasteiger partial charge is 0.494 e. The van der Waals surface area contributed by atoms with E-state index in [0.717, 1.165) is 17.0 Å². The van der Waals surface area contributed by atoms with E-state index in [1.165, 1.54) is 5.56 Å². The normalized spacial score (nSPS) is 12.4. The van der Waals surface area contributed by atoms with Crippen molar-refractivity contribution in [3.63, 3.8) is 0 Å². The molecule has 1 N–H and O–H groups in total. The molecule has 0 spiro atoms. The number of benzene rings is 2. The minimum absolute atomic E-state index is 0.0351. The maximum atomic E-state index is 12.3. The molecular formula is C25H31N3O2. The van der Waals surface area contributed by atoms with Crippen molar-refractivity contribution in [2.24, 2.45) is 0 Å². The zero-order chi connectivity index (χ0) is 21.6. The van der Waals surface area contributed by atoms with Crippen LogP contribution in [0.4, 0.5) is 0 Å². The summed E-state index contributed by atoms with van der Waals surface area (Å²) in [6, 6.07) is 16.3. The van der Waals surface area contributed by atoms with Gasteiger partial charge in [0.05, 0.1) is 19.0 Å². The second kappa shape index (κ2) is 9.61. The molecule has 1 atom stereocenters. The Kier molecular flexibility index (Phi) is 6.93. The monoisotopic (exact) mass is 405 g/mol. The maximum absolute atomic E-state index is 12.3. The van der Waals surface area contributed by atoms with E-state index in [-0.39, 0.29) is 17.4 Å². The number of hydrogen-bond donors (Lipinski definition) is 1. The first-order valence-corrected chi connectivity index (χ1v) is 10.4. The lowest BCUT2D eigenvalue weighted by atomic mass is 9.87. The van der Waals surface area contributed by atoms with E-state index in [1.807, 2.05) is 54.1 Å². The molecule has 158 valence electrons. The summed E-state index contributed by atoms with van der Waals surface area (Å²) in [5.41, 5.74) is 3.53. The van der Waals surface area contributed by atoms with Crippen LogP contribution in [0.3, 0.4) is 0 Å². The van der Waals surface area contributed by atoms with Gasteiger partial charge in [-0.05, 0) is 54.2 Å². The van der Waals surface area contributed by atoms with E-state index in [0.29, 0.717) is 19.4 Å². The van der Waals surface area contributed by atoms with Gasteiger partial charge in [0, 0.05) is 24.5 Å². The Bertz CT molecular complexity index is 924. The molecule has 3 aromatic rings. The van der Waals surface area contributed by atoms with Crippen LogP contribution in [0.25, 0.3) is 5.69 Å². The highest BCUT2D eigenvalue weighted by molar-refractivity contribution is 5.76. The molecular weight excluding hydrogens is 374 g/mol. The van der Waals surface area contributed by atoms with E-state index in [9.17, 15) is 4.79 Å². The molecule has 0 radical (unpaired) electrons. The van der Waals surface area contributed by atoms with Gasteiger partial charge in [-0.1, -0.05) is 45.0 Å². The topological polar surface area (TPSA) is 56.1 Å². The van der Waals surface area contributed by atoms with E-state index in [1.54, 1.807) is 12.5 Å². The summed E-state index contributed by atoms with van der Waals surface area (Å²) in [6.45, 7) is 9.09. The van der Waals surface area contributed by atoms with Crippen molar-refractivity contribution in [1.29, 1.82) is 0 Å². The zero-order valence-corrected chi connectivity index (χ0v) is 18.3. The summed E-state index contributed by atoms with van der Waals surface area (Å²) in [5, 5.41) is 3.06. The van der Waals surface area contributed by atoms with Crippen molar-refractivity contribution >= 4 is 5.91 Å². The Morgan fingerprint density at radius 3 is 2.40 bits per heavy atom. The Balaban J connectivity index is 1.40. The molecule has 0 bridgehead atoms. The third-order valence-electron chi connectivity index (χ3n) is 5.11.